The number of carbonyl (C=O) groups excluding carboxylic acids is 1. The average Bonchev–Trinajstić information content (AvgIpc) is 2.92. The van der Waals surface area contributed by atoms with Gasteiger partial charge in [0.15, 0.2) is 0 Å². The van der Waals surface area contributed by atoms with Crippen LogP contribution in [0.4, 0.5) is 0 Å². The van der Waals surface area contributed by atoms with Gasteiger partial charge in [-0.15, -0.1) is 0 Å². The third kappa shape index (κ3) is 1.93. The Kier molecular flexibility index (Phi) is 2.87. The summed E-state index contributed by atoms with van der Waals surface area (Å²) < 4.78 is 0. The molecule has 4 aliphatic rings. The lowest BCUT2D eigenvalue weighted by Crippen LogP contribution is -2.47. The SMILES string of the molecule is O=C(C1CC12CCNCC2)N1CCCC2CCCC21. The number of carbonyl (C=O) groups is 1. The van der Waals surface area contributed by atoms with Crippen LogP contribution in [-0.4, -0.2) is 36.5 Å². The molecular weight excluding hydrogens is 236 g/mol. The average molecular weight is 262 g/mol. The summed E-state index contributed by atoms with van der Waals surface area (Å²) >= 11 is 0. The number of hydrogen-bond donors (Lipinski definition) is 1. The Balaban J connectivity index is 1.46. The van der Waals surface area contributed by atoms with E-state index >= 15 is 0 Å². The molecule has 2 saturated heterocycles. The van der Waals surface area contributed by atoms with Gasteiger partial charge in [0.05, 0.1) is 0 Å². The van der Waals surface area contributed by atoms with Crippen LogP contribution in [0.1, 0.15) is 51.4 Å². The van der Waals surface area contributed by atoms with Crippen LogP contribution in [0, 0.1) is 17.3 Å². The first-order valence-electron chi connectivity index (χ1n) is 8.31. The van der Waals surface area contributed by atoms with Crippen LogP contribution in [0.5, 0.6) is 0 Å². The molecule has 1 N–H and O–H groups in total. The van der Waals surface area contributed by atoms with Gasteiger partial charge < -0.3 is 10.2 Å². The van der Waals surface area contributed by atoms with Crippen LogP contribution in [0.2, 0.25) is 0 Å². The third-order valence-electron chi connectivity index (χ3n) is 6.36. The van der Waals surface area contributed by atoms with Crippen molar-refractivity contribution in [3.05, 3.63) is 0 Å². The molecule has 4 fully saturated rings. The molecule has 4 rings (SSSR count). The number of nitrogens with one attached hydrogen (secondary N) is 1. The van der Waals surface area contributed by atoms with Gasteiger partial charge >= 0.3 is 0 Å². The van der Waals surface area contributed by atoms with Crippen molar-refractivity contribution in [2.24, 2.45) is 17.3 Å². The summed E-state index contributed by atoms with van der Waals surface area (Å²) in [5.74, 6) is 1.74. The fraction of sp³-hybridized carbons (Fsp3) is 0.938. The van der Waals surface area contributed by atoms with Crippen LogP contribution in [0.3, 0.4) is 0 Å². The summed E-state index contributed by atoms with van der Waals surface area (Å²) in [6.07, 6.45) is 10.2. The number of hydrogen-bond acceptors (Lipinski definition) is 2. The quantitative estimate of drug-likeness (QED) is 0.785. The highest BCUT2D eigenvalue weighted by Crippen LogP contribution is 2.59. The van der Waals surface area contributed by atoms with Crippen molar-refractivity contribution >= 4 is 5.91 Å². The normalized spacial score (nSPS) is 40.2. The van der Waals surface area contributed by atoms with Crippen molar-refractivity contribution in [1.82, 2.24) is 10.2 Å². The van der Waals surface area contributed by atoms with Gasteiger partial charge in [0.25, 0.3) is 0 Å². The minimum atomic E-state index is 0.383. The van der Waals surface area contributed by atoms with E-state index in [0.717, 1.165) is 25.6 Å². The Hall–Kier alpha value is -0.570. The molecule has 0 aromatic heterocycles. The summed E-state index contributed by atoms with van der Waals surface area (Å²) in [7, 11) is 0. The van der Waals surface area contributed by atoms with Gasteiger partial charge in [-0.1, -0.05) is 6.42 Å². The van der Waals surface area contributed by atoms with E-state index in [-0.39, 0.29) is 0 Å². The minimum Gasteiger partial charge on any atom is -0.339 e. The minimum absolute atomic E-state index is 0.383. The number of nitrogens with zero attached hydrogens (tertiary/aromatic N) is 1. The van der Waals surface area contributed by atoms with E-state index in [1.165, 1.54) is 51.4 Å². The second-order valence-electron chi connectivity index (χ2n) is 7.30. The Bertz CT molecular complexity index is 375. The standard InChI is InChI=1S/C16H26N2O/c19-15(13-11-16(13)6-8-17-9-7-16)18-10-2-4-12-3-1-5-14(12)18/h12-14,17H,1-11H2. The zero-order valence-corrected chi connectivity index (χ0v) is 11.9. The number of likely N-dealkylation sites (tertiary alicyclic amines) is 1. The van der Waals surface area contributed by atoms with Crippen LogP contribution < -0.4 is 5.32 Å². The maximum Gasteiger partial charge on any atom is 0.226 e. The molecule has 1 amide bonds. The number of amides is 1. The van der Waals surface area contributed by atoms with E-state index < -0.39 is 0 Å². The second kappa shape index (κ2) is 4.47. The smallest absolute Gasteiger partial charge is 0.226 e. The summed E-state index contributed by atoms with van der Waals surface area (Å²) in [4.78, 5) is 15.2. The lowest BCUT2D eigenvalue weighted by atomic mass is 9.89. The van der Waals surface area contributed by atoms with E-state index in [2.05, 4.69) is 10.2 Å². The van der Waals surface area contributed by atoms with Crippen LogP contribution in [-0.2, 0) is 4.79 Å². The molecular formula is C16H26N2O. The van der Waals surface area contributed by atoms with Crippen LogP contribution in [0.25, 0.3) is 0 Å². The van der Waals surface area contributed by atoms with Crippen molar-refractivity contribution in [1.29, 1.82) is 0 Å². The molecule has 1 spiro atoms. The fourth-order valence-electron chi connectivity index (χ4n) is 5.10. The molecule has 3 nitrogen and oxygen atoms in total. The predicted octanol–water partition coefficient (Wildman–Crippen LogP) is 2.17. The predicted molar refractivity (Wildman–Crippen MR) is 74.7 cm³/mol. The molecule has 19 heavy (non-hydrogen) atoms. The maximum absolute atomic E-state index is 12.9. The molecule has 2 saturated carbocycles. The highest BCUT2D eigenvalue weighted by Gasteiger charge is 2.59. The van der Waals surface area contributed by atoms with E-state index in [1.54, 1.807) is 0 Å². The van der Waals surface area contributed by atoms with E-state index in [0.29, 0.717) is 23.3 Å². The van der Waals surface area contributed by atoms with Gasteiger partial charge in [-0.25, -0.2) is 0 Å². The molecule has 3 unspecified atom stereocenters. The van der Waals surface area contributed by atoms with E-state index in [1.807, 2.05) is 0 Å². The first-order valence-corrected chi connectivity index (χ1v) is 8.31. The molecule has 0 aromatic carbocycles. The summed E-state index contributed by atoms with van der Waals surface area (Å²) in [5.41, 5.74) is 0.411. The molecule has 0 radical (unpaired) electrons. The van der Waals surface area contributed by atoms with Crippen molar-refractivity contribution in [2.45, 2.75) is 57.4 Å². The van der Waals surface area contributed by atoms with Crippen molar-refractivity contribution in [3.63, 3.8) is 0 Å². The Morgan fingerprint density at radius 3 is 2.74 bits per heavy atom. The lowest BCUT2D eigenvalue weighted by molar-refractivity contribution is -0.138. The summed E-state index contributed by atoms with van der Waals surface area (Å²) in [6, 6.07) is 0.612. The van der Waals surface area contributed by atoms with Gasteiger partial charge in [-0.3, -0.25) is 4.79 Å². The van der Waals surface area contributed by atoms with Gasteiger partial charge in [0, 0.05) is 18.5 Å². The fourth-order valence-corrected chi connectivity index (χ4v) is 5.10. The first-order chi connectivity index (χ1) is 9.30. The first kappa shape index (κ1) is 12.2. The zero-order valence-electron chi connectivity index (χ0n) is 11.9. The van der Waals surface area contributed by atoms with Crippen LogP contribution in [0.15, 0.2) is 0 Å². The number of rotatable bonds is 1. The molecule has 3 heteroatoms. The third-order valence-corrected chi connectivity index (χ3v) is 6.36. The number of piperidine rings is 2. The van der Waals surface area contributed by atoms with Gasteiger partial charge in [-0.2, -0.15) is 0 Å². The van der Waals surface area contributed by atoms with Crippen molar-refractivity contribution in [2.75, 3.05) is 19.6 Å². The molecule has 106 valence electrons. The van der Waals surface area contributed by atoms with Crippen LogP contribution >= 0.6 is 0 Å². The zero-order chi connectivity index (χ0) is 12.9. The molecule has 2 aliphatic heterocycles. The van der Waals surface area contributed by atoms with E-state index in [4.69, 9.17) is 0 Å². The molecule has 0 aromatic rings. The second-order valence-corrected chi connectivity index (χ2v) is 7.30. The molecule has 3 atom stereocenters. The Labute approximate surface area is 116 Å². The monoisotopic (exact) mass is 262 g/mol. The van der Waals surface area contributed by atoms with Gasteiger partial charge in [0.2, 0.25) is 5.91 Å². The summed E-state index contributed by atoms with van der Waals surface area (Å²) in [6.45, 7) is 3.29. The Morgan fingerprint density at radius 1 is 1.11 bits per heavy atom. The molecule has 2 aliphatic carbocycles. The van der Waals surface area contributed by atoms with Gasteiger partial charge in [-0.05, 0) is 69.4 Å². The highest BCUT2D eigenvalue weighted by molar-refractivity contribution is 5.83. The largest absolute Gasteiger partial charge is 0.339 e. The van der Waals surface area contributed by atoms with E-state index in [9.17, 15) is 4.79 Å². The van der Waals surface area contributed by atoms with Crippen molar-refractivity contribution < 1.29 is 4.79 Å². The topological polar surface area (TPSA) is 32.3 Å². The molecule has 2 heterocycles. The molecule has 0 bridgehead atoms. The number of fused-ring (bicyclic) bond motifs is 1. The highest BCUT2D eigenvalue weighted by atomic mass is 16.2. The van der Waals surface area contributed by atoms with Gasteiger partial charge in [0.1, 0.15) is 0 Å². The van der Waals surface area contributed by atoms with Crippen molar-refractivity contribution in [3.8, 4) is 0 Å². The summed E-state index contributed by atoms with van der Waals surface area (Å²) in [5, 5.41) is 3.43. The maximum atomic E-state index is 12.9. The Morgan fingerprint density at radius 2 is 1.89 bits per heavy atom. The lowest BCUT2D eigenvalue weighted by Gasteiger charge is -2.38.